The van der Waals surface area contributed by atoms with E-state index in [1.165, 1.54) is 12.1 Å². The summed E-state index contributed by atoms with van der Waals surface area (Å²) < 4.78 is 10.8. The molecule has 2 aromatic heterocycles. The molecule has 4 aromatic rings. The number of fused-ring (bicyclic) bond motifs is 1. The third-order valence-corrected chi connectivity index (χ3v) is 4.25. The van der Waals surface area contributed by atoms with E-state index in [9.17, 15) is 9.90 Å². The molecular formula is C20H17N3O4. The van der Waals surface area contributed by atoms with Crippen molar-refractivity contribution in [2.24, 2.45) is 0 Å². The molecule has 0 aliphatic carbocycles. The summed E-state index contributed by atoms with van der Waals surface area (Å²) in [4.78, 5) is 16.9. The van der Waals surface area contributed by atoms with Crippen molar-refractivity contribution in [1.82, 2.24) is 15.5 Å². The van der Waals surface area contributed by atoms with Gasteiger partial charge in [-0.2, -0.15) is 4.98 Å². The fourth-order valence-corrected chi connectivity index (χ4v) is 2.88. The van der Waals surface area contributed by atoms with E-state index in [-0.39, 0.29) is 18.2 Å². The molecule has 27 heavy (non-hydrogen) atoms. The van der Waals surface area contributed by atoms with Gasteiger partial charge in [-0.1, -0.05) is 22.9 Å². The highest BCUT2D eigenvalue weighted by Crippen LogP contribution is 2.28. The maximum atomic E-state index is 12.6. The minimum Gasteiger partial charge on any atom is -0.508 e. The minimum atomic E-state index is -0.335. The number of hydrogen-bond donors (Lipinski definition) is 2. The highest BCUT2D eigenvalue weighted by Gasteiger charge is 2.19. The molecule has 0 fully saturated rings. The second-order valence-corrected chi connectivity index (χ2v) is 6.28. The number of phenolic OH excluding ortho intramolecular Hbond substituents is 1. The van der Waals surface area contributed by atoms with Crippen molar-refractivity contribution in [1.29, 1.82) is 0 Å². The largest absolute Gasteiger partial charge is 0.508 e. The van der Waals surface area contributed by atoms with Gasteiger partial charge in [-0.3, -0.25) is 4.79 Å². The second kappa shape index (κ2) is 6.60. The predicted molar refractivity (Wildman–Crippen MR) is 98.3 cm³/mol. The third-order valence-electron chi connectivity index (χ3n) is 4.25. The van der Waals surface area contributed by atoms with Crippen LogP contribution in [0, 0.1) is 13.8 Å². The number of amides is 1. The van der Waals surface area contributed by atoms with Crippen molar-refractivity contribution in [3.8, 4) is 17.2 Å². The molecule has 4 rings (SSSR count). The van der Waals surface area contributed by atoms with Crippen LogP contribution in [0.4, 0.5) is 0 Å². The number of rotatable bonds is 4. The average Bonchev–Trinajstić information content (AvgIpc) is 3.24. The van der Waals surface area contributed by atoms with Gasteiger partial charge in [0.2, 0.25) is 0 Å². The van der Waals surface area contributed by atoms with Gasteiger partial charge in [-0.15, -0.1) is 0 Å². The highest BCUT2D eigenvalue weighted by molar-refractivity contribution is 6.07. The lowest BCUT2D eigenvalue weighted by Gasteiger charge is -2.02. The SMILES string of the molecule is Cc1ccc(-c2nc(CNC(=O)c3c(C)oc4ccc(O)cc34)no2)cc1. The van der Waals surface area contributed by atoms with Crippen LogP contribution in [0.2, 0.25) is 0 Å². The molecule has 0 unspecified atom stereocenters. The van der Waals surface area contributed by atoms with Crippen LogP contribution in [0.15, 0.2) is 51.4 Å². The minimum absolute atomic E-state index is 0.0678. The zero-order valence-electron chi connectivity index (χ0n) is 14.8. The van der Waals surface area contributed by atoms with Crippen molar-refractivity contribution in [3.05, 3.63) is 65.2 Å². The van der Waals surface area contributed by atoms with Gasteiger partial charge < -0.3 is 19.4 Å². The van der Waals surface area contributed by atoms with Crippen LogP contribution in [0.1, 0.15) is 27.5 Å². The number of carbonyl (C=O) groups excluding carboxylic acids is 1. The van der Waals surface area contributed by atoms with Gasteiger partial charge >= 0.3 is 0 Å². The van der Waals surface area contributed by atoms with Crippen molar-refractivity contribution < 1.29 is 18.8 Å². The first kappa shape index (κ1) is 16.8. The van der Waals surface area contributed by atoms with Gasteiger partial charge in [0.1, 0.15) is 17.1 Å². The zero-order valence-corrected chi connectivity index (χ0v) is 14.8. The molecule has 0 saturated carbocycles. The van der Waals surface area contributed by atoms with E-state index in [1.807, 2.05) is 31.2 Å². The van der Waals surface area contributed by atoms with Crippen LogP contribution in [-0.2, 0) is 6.54 Å². The molecule has 0 aliphatic heterocycles. The summed E-state index contributed by atoms with van der Waals surface area (Å²) in [5.74, 6) is 0.972. The summed E-state index contributed by atoms with van der Waals surface area (Å²) in [7, 11) is 0. The zero-order chi connectivity index (χ0) is 19.0. The predicted octanol–water partition coefficient (Wildman–Crippen LogP) is 3.74. The molecule has 0 saturated heterocycles. The normalized spacial score (nSPS) is 11.0. The Morgan fingerprint density at radius 3 is 2.70 bits per heavy atom. The number of aromatic hydroxyl groups is 1. The second-order valence-electron chi connectivity index (χ2n) is 6.28. The number of aryl methyl sites for hydroxylation is 2. The van der Waals surface area contributed by atoms with E-state index in [1.54, 1.807) is 13.0 Å². The molecule has 7 heteroatoms. The number of aromatic nitrogens is 2. The first-order chi connectivity index (χ1) is 13.0. The van der Waals surface area contributed by atoms with E-state index < -0.39 is 0 Å². The van der Waals surface area contributed by atoms with Gasteiger partial charge in [0.15, 0.2) is 5.82 Å². The first-order valence-electron chi connectivity index (χ1n) is 8.41. The summed E-state index contributed by atoms with van der Waals surface area (Å²) in [6.07, 6.45) is 0. The van der Waals surface area contributed by atoms with Crippen LogP contribution in [0.3, 0.4) is 0 Å². The lowest BCUT2D eigenvalue weighted by molar-refractivity contribution is 0.0949. The van der Waals surface area contributed by atoms with Crippen molar-refractivity contribution in [2.75, 3.05) is 0 Å². The molecule has 2 N–H and O–H groups in total. The van der Waals surface area contributed by atoms with E-state index >= 15 is 0 Å². The quantitative estimate of drug-likeness (QED) is 0.573. The average molecular weight is 363 g/mol. The first-order valence-corrected chi connectivity index (χ1v) is 8.41. The van der Waals surface area contributed by atoms with Crippen LogP contribution >= 0.6 is 0 Å². The monoisotopic (exact) mass is 363 g/mol. The molecule has 0 spiro atoms. The Labute approximate surface area is 154 Å². The Bertz CT molecular complexity index is 1130. The van der Waals surface area contributed by atoms with Gasteiger partial charge in [0, 0.05) is 10.9 Å². The fourth-order valence-electron chi connectivity index (χ4n) is 2.88. The van der Waals surface area contributed by atoms with Gasteiger partial charge in [0.05, 0.1) is 12.1 Å². The van der Waals surface area contributed by atoms with Crippen molar-refractivity contribution in [2.45, 2.75) is 20.4 Å². The highest BCUT2D eigenvalue weighted by atomic mass is 16.5. The van der Waals surface area contributed by atoms with Crippen LogP contribution in [-0.4, -0.2) is 21.2 Å². The molecule has 0 bridgehead atoms. The molecule has 0 atom stereocenters. The van der Waals surface area contributed by atoms with Gasteiger partial charge in [-0.05, 0) is 44.2 Å². The molecule has 7 nitrogen and oxygen atoms in total. The lowest BCUT2D eigenvalue weighted by Crippen LogP contribution is -2.23. The third kappa shape index (κ3) is 3.27. The van der Waals surface area contributed by atoms with Crippen LogP contribution < -0.4 is 5.32 Å². The Morgan fingerprint density at radius 2 is 1.93 bits per heavy atom. The Kier molecular flexibility index (Phi) is 4.12. The molecule has 136 valence electrons. The van der Waals surface area contributed by atoms with E-state index in [0.717, 1.165) is 11.1 Å². The molecule has 0 aliphatic rings. The van der Waals surface area contributed by atoms with Crippen LogP contribution in [0.25, 0.3) is 22.4 Å². The number of furan rings is 1. The molecule has 0 radical (unpaired) electrons. The Balaban J connectivity index is 1.51. The molecule has 2 heterocycles. The number of phenols is 1. The number of hydrogen-bond acceptors (Lipinski definition) is 6. The Hall–Kier alpha value is -3.61. The van der Waals surface area contributed by atoms with Gasteiger partial charge in [0.25, 0.3) is 11.8 Å². The summed E-state index contributed by atoms with van der Waals surface area (Å²) >= 11 is 0. The van der Waals surface area contributed by atoms with Crippen molar-refractivity contribution in [3.63, 3.8) is 0 Å². The summed E-state index contributed by atoms with van der Waals surface area (Å²) in [5.41, 5.74) is 2.87. The summed E-state index contributed by atoms with van der Waals surface area (Å²) in [5, 5.41) is 16.9. The number of benzene rings is 2. The van der Waals surface area contributed by atoms with Crippen LogP contribution in [0.5, 0.6) is 5.75 Å². The standard InChI is InChI=1S/C20H17N3O4/c1-11-3-5-13(6-4-11)20-22-17(23-27-20)10-21-19(25)18-12(2)26-16-8-7-14(24)9-15(16)18/h3-9,24H,10H2,1-2H3,(H,21,25). The molecular weight excluding hydrogens is 346 g/mol. The number of nitrogens with one attached hydrogen (secondary N) is 1. The maximum absolute atomic E-state index is 12.6. The fraction of sp³-hybridized carbons (Fsp3) is 0.150. The van der Waals surface area contributed by atoms with Crippen molar-refractivity contribution >= 4 is 16.9 Å². The lowest BCUT2D eigenvalue weighted by atomic mass is 10.1. The number of nitrogens with zero attached hydrogens (tertiary/aromatic N) is 2. The molecule has 1 amide bonds. The number of carbonyl (C=O) groups is 1. The molecule has 2 aromatic carbocycles. The van der Waals surface area contributed by atoms with E-state index in [2.05, 4.69) is 15.5 Å². The van der Waals surface area contributed by atoms with E-state index in [4.69, 9.17) is 8.94 Å². The van der Waals surface area contributed by atoms with E-state index in [0.29, 0.717) is 34.0 Å². The summed E-state index contributed by atoms with van der Waals surface area (Å²) in [6.45, 7) is 3.81. The topological polar surface area (TPSA) is 101 Å². The van der Waals surface area contributed by atoms with Gasteiger partial charge in [-0.25, -0.2) is 0 Å². The Morgan fingerprint density at radius 1 is 1.15 bits per heavy atom. The smallest absolute Gasteiger partial charge is 0.257 e. The maximum Gasteiger partial charge on any atom is 0.257 e. The summed E-state index contributed by atoms with van der Waals surface area (Å²) in [6, 6.07) is 12.4.